The summed E-state index contributed by atoms with van der Waals surface area (Å²) in [6, 6.07) is 0. The standard InChI is InChI=1S/C15H22O5/c1-8-4-5-11-9(2)12(16)17-13-15(11)10(8)6-7-14(3,18-13)19-20-15/h8-11,13H,4-7H2,1-3H3/t8?,9?,10-,11-,13+,14+,15+/m0/s1. The van der Waals surface area contributed by atoms with Crippen LogP contribution in [0, 0.1) is 23.7 Å². The number of esters is 1. The minimum Gasteiger partial charge on any atom is -0.432 e. The molecule has 1 saturated carbocycles. The highest BCUT2D eigenvalue weighted by Crippen LogP contribution is 2.59. The Balaban J connectivity index is 1.84. The second-order valence-electron chi connectivity index (χ2n) is 7.14. The number of ether oxygens (including phenoxy) is 2. The molecule has 1 aliphatic carbocycles. The third kappa shape index (κ3) is 1.46. The van der Waals surface area contributed by atoms with Crippen LogP contribution in [0.1, 0.15) is 46.5 Å². The lowest BCUT2D eigenvalue weighted by atomic mass is 9.58. The van der Waals surface area contributed by atoms with Gasteiger partial charge in [0.2, 0.25) is 12.1 Å². The minimum atomic E-state index is -0.793. The molecule has 0 aromatic rings. The maximum absolute atomic E-state index is 12.1. The van der Waals surface area contributed by atoms with Crippen molar-refractivity contribution in [3.8, 4) is 0 Å². The first-order valence-electron chi connectivity index (χ1n) is 7.71. The van der Waals surface area contributed by atoms with E-state index in [1.807, 2.05) is 13.8 Å². The summed E-state index contributed by atoms with van der Waals surface area (Å²) in [6.45, 7) is 6.06. The first-order chi connectivity index (χ1) is 9.46. The maximum atomic E-state index is 12.1. The van der Waals surface area contributed by atoms with Gasteiger partial charge in [0, 0.05) is 18.3 Å². The SMILES string of the molecule is CC1CC[C@H]2C(C)C(=O)O[C@@H]3O[C@@]4(C)CC[C@@H]1[C@]32OO4. The summed E-state index contributed by atoms with van der Waals surface area (Å²) in [6.07, 6.45) is 3.24. The fourth-order valence-corrected chi connectivity index (χ4v) is 4.76. The van der Waals surface area contributed by atoms with Crippen LogP contribution >= 0.6 is 0 Å². The molecule has 0 aromatic heterocycles. The average Bonchev–Trinajstić information content (AvgIpc) is 2.63. The summed E-state index contributed by atoms with van der Waals surface area (Å²) < 4.78 is 11.6. The summed E-state index contributed by atoms with van der Waals surface area (Å²) in [5.74, 6) is -0.137. The molecule has 5 fully saturated rings. The van der Waals surface area contributed by atoms with Gasteiger partial charge in [0.1, 0.15) is 0 Å². The third-order valence-electron chi connectivity index (χ3n) is 5.97. The van der Waals surface area contributed by atoms with Crippen LogP contribution in [0.4, 0.5) is 0 Å². The Bertz CT molecular complexity index is 452. The van der Waals surface area contributed by atoms with Crippen LogP contribution < -0.4 is 0 Å². The molecule has 1 spiro atoms. The number of fused-ring (bicyclic) bond motifs is 2. The van der Waals surface area contributed by atoms with Crippen LogP contribution in [0.25, 0.3) is 0 Å². The summed E-state index contributed by atoms with van der Waals surface area (Å²) in [7, 11) is 0. The first-order valence-corrected chi connectivity index (χ1v) is 7.71. The summed E-state index contributed by atoms with van der Waals surface area (Å²) in [5, 5.41) is 0. The number of carbonyl (C=O) groups excluding carboxylic acids is 1. The number of hydrogen-bond acceptors (Lipinski definition) is 5. The maximum Gasteiger partial charge on any atom is 0.311 e. The number of rotatable bonds is 0. The van der Waals surface area contributed by atoms with Gasteiger partial charge in [-0.1, -0.05) is 13.8 Å². The Morgan fingerprint density at radius 1 is 1.10 bits per heavy atom. The van der Waals surface area contributed by atoms with Crippen molar-refractivity contribution in [3.63, 3.8) is 0 Å². The van der Waals surface area contributed by atoms with E-state index < -0.39 is 17.7 Å². The van der Waals surface area contributed by atoms with E-state index in [1.54, 1.807) is 0 Å². The Labute approximate surface area is 118 Å². The molecule has 2 unspecified atom stereocenters. The van der Waals surface area contributed by atoms with E-state index >= 15 is 0 Å². The molecular weight excluding hydrogens is 260 g/mol. The smallest absolute Gasteiger partial charge is 0.311 e. The van der Waals surface area contributed by atoms with Crippen molar-refractivity contribution in [1.29, 1.82) is 0 Å². The van der Waals surface area contributed by atoms with Crippen molar-refractivity contribution in [1.82, 2.24) is 0 Å². The Morgan fingerprint density at radius 2 is 1.90 bits per heavy atom. The van der Waals surface area contributed by atoms with Crippen LogP contribution in [-0.4, -0.2) is 23.6 Å². The monoisotopic (exact) mass is 282 g/mol. The molecule has 5 heteroatoms. The molecule has 4 heterocycles. The van der Waals surface area contributed by atoms with Gasteiger partial charge in [-0.3, -0.25) is 4.79 Å². The molecule has 0 radical (unpaired) electrons. The zero-order valence-electron chi connectivity index (χ0n) is 12.3. The molecule has 5 nitrogen and oxygen atoms in total. The molecule has 2 bridgehead atoms. The van der Waals surface area contributed by atoms with E-state index in [0.29, 0.717) is 11.8 Å². The second-order valence-corrected chi connectivity index (χ2v) is 7.14. The third-order valence-corrected chi connectivity index (χ3v) is 5.97. The first kappa shape index (κ1) is 13.0. The van der Waals surface area contributed by atoms with Crippen molar-refractivity contribution in [2.24, 2.45) is 23.7 Å². The van der Waals surface area contributed by atoms with Gasteiger partial charge in [0.15, 0.2) is 5.60 Å². The largest absolute Gasteiger partial charge is 0.432 e. The Hall–Kier alpha value is -0.650. The van der Waals surface area contributed by atoms with Crippen LogP contribution in [-0.2, 0) is 24.0 Å². The van der Waals surface area contributed by atoms with Crippen molar-refractivity contribution < 1.29 is 24.0 Å². The van der Waals surface area contributed by atoms with Crippen LogP contribution in [0.15, 0.2) is 0 Å². The van der Waals surface area contributed by atoms with Gasteiger partial charge in [0.25, 0.3) is 0 Å². The van der Waals surface area contributed by atoms with E-state index in [1.165, 1.54) is 0 Å². The predicted octanol–water partition coefficient (Wildman–Crippen LogP) is 2.39. The van der Waals surface area contributed by atoms with Gasteiger partial charge in [-0.15, -0.1) is 0 Å². The summed E-state index contributed by atoms with van der Waals surface area (Å²) >= 11 is 0. The summed E-state index contributed by atoms with van der Waals surface area (Å²) in [5.41, 5.74) is -0.610. The van der Waals surface area contributed by atoms with E-state index in [9.17, 15) is 4.79 Å². The highest BCUT2D eigenvalue weighted by Gasteiger charge is 2.69. The lowest BCUT2D eigenvalue weighted by Gasteiger charge is -2.57. The van der Waals surface area contributed by atoms with Gasteiger partial charge >= 0.3 is 5.97 Å². The molecule has 0 amide bonds. The van der Waals surface area contributed by atoms with Gasteiger partial charge in [-0.25, -0.2) is 9.78 Å². The second kappa shape index (κ2) is 3.96. The number of carbonyl (C=O) groups is 1. The van der Waals surface area contributed by atoms with E-state index in [-0.39, 0.29) is 17.8 Å². The zero-order valence-corrected chi connectivity index (χ0v) is 12.3. The molecule has 20 heavy (non-hydrogen) atoms. The molecule has 7 atom stereocenters. The highest BCUT2D eigenvalue weighted by atomic mass is 17.3. The van der Waals surface area contributed by atoms with Gasteiger partial charge in [0.05, 0.1) is 5.92 Å². The molecule has 0 N–H and O–H groups in total. The minimum absolute atomic E-state index is 0.123. The Morgan fingerprint density at radius 3 is 2.70 bits per heavy atom. The number of hydrogen-bond donors (Lipinski definition) is 0. The van der Waals surface area contributed by atoms with Crippen LogP contribution in [0.2, 0.25) is 0 Å². The highest BCUT2D eigenvalue weighted by molar-refractivity contribution is 5.74. The molecule has 112 valence electrons. The van der Waals surface area contributed by atoms with Crippen molar-refractivity contribution in [2.45, 2.75) is 64.1 Å². The van der Waals surface area contributed by atoms with Gasteiger partial charge < -0.3 is 9.47 Å². The fraction of sp³-hybridized carbons (Fsp3) is 0.933. The van der Waals surface area contributed by atoms with Gasteiger partial charge in [-0.2, -0.15) is 0 Å². The quantitative estimate of drug-likeness (QED) is 0.504. The zero-order chi connectivity index (χ0) is 14.1. The molecule has 5 aliphatic rings. The average molecular weight is 282 g/mol. The van der Waals surface area contributed by atoms with Crippen LogP contribution in [0.5, 0.6) is 0 Å². The van der Waals surface area contributed by atoms with Crippen LogP contribution in [0.3, 0.4) is 0 Å². The molecule has 5 rings (SSSR count). The molecule has 4 aliphatic heterocycles. The van der Waals surface area contributed by atoms with E-state index in [2.05, 4.69) is 6.92 Å². The predicted molar refractivity (Wildman–Crippen MR) is 68.0 cm³/mol. The summed E-state index contributed by atoms with van der Waals surface area (Å²) in [4.78, 5) is 23.7. The van der Waals surface area contributed by atoms with E-state index in [4.69, 9.17) is 19.2 Å². The van der Waals surface area contributed by atoms with E-state index in [0.717, 1.165) is 25.7 Å². The normalized spacial score (nSPS) is 57.8. The lowest BCUT2D eigenvalue weighted by Crippen LogP contribution is -2.69. The van der Waals surface area contributed by atoms with Crippen molar-refractivity contribution in [2.75, 3.05) is 0 Å². The molecular formula is C15H22O5. The Kier molecular flexibility index (Phi) is 2.58. The lowest BCUT2D eigenvalue weighted by molar-refractivity contribution is -0.559. The molecule has 0 aromatic carbocycles. The van der Waals surface area contributed by atoms with Gasteiger partial charge in [-0.05, 0) is 32.1 Å². The van der Waals surface area contributed by atoms with Crippen molar-refractivity contribution >= 4 is 5.97 Å². The topological polar surface area (TPSA) is 54.0 Å². The fourth-order valence-electron chi connectivity index (χ4n) is 4.76. The van der Waals surface area contributed by atoms with Crippen molar-refractivity contribution in [3.05, 3.63) is 0 Å². The molecule has 4 saturated heterocycles.